The van der Waals surface area contributed by atoms with E-state index in [0.29, 0.717) is 23.4 Å². The Bertz CT molecular complexity index is 692. The van der Waals surface area contributed by atoms with Gasteiger partial charge < -0.3 is 9.26 Å². The molecule has 5 heteroatoms. The normalized spacial score (nSPS) is 26.3. The fourth-order valence-corrected chi connectivity index (χ4v) is 3.81. The number of aryl methyl sites for hydroxylation is 1. The third kappa shape index (κ3) is 2.40. The molecule has 2 aromatic rings. The number of ether oxygens (including phenoxy) is 1. The molecular formula is C17H18N2O3. The van der Waals surface area contributed by atoms with Gasteiger partial charge in [0, 0.05) is 12.5 Å². The maximum absolute atomic E-state index is 12.3. The Morgan fingerprint density at radius 2 is 2.05 bits per heavy atom. The Kier molecular flexibility index (Phi) is 3.21. The van der Waals surface area contributed by atoms with E-state index in [1.807, 2.05) is 12.1 Å². The maximum atomic E-state index is 12.3. The third-order valence-corrected chi connectivity index (χ3v) is 4.90. The number of aromatic nitrogens is 2. The number of carbonyl (C=O) groups excluding carboxylic acids is 1. The largest absolute Gasteiger partial charge is 0.426 e. The van der Waals surface area contributed by atoms with Gasteiger partial charge in [-0.1, -0.05) is 11.6 Å². The Balaban J connectivity index is 1.44. The summed E-state index contributed by atoms with van der Waals surface area (Å²) < 4.78 is 10.5. The van der Waals surface area contributed by atoms with Crippen LogP contribution in [0.4, 0.5) is 0 Å². The van der Waals surface area contributed by atoms with Crippen molar-refractivity contribution in [2.75, 3.05) is 0 Å². The molecule has 2 fully saturated rings. The average Bonchev–Trinajstić information content (AvgIpc) is 3.24. The van der Waals surface area contributed by atoms with Crippen LogP contribution in [0.25, 0.3) is 11.4 Å². The van der Waals surface area contributed by atoms with Crippen molar-refractivity contribution >= 4 is 5.97 Å². The van der Waals surface area contributed by atoms with Gasteiger partial charge in [0.1, 0.15) is 5.75 Å². The average molecular weight is 298 g/mol. The summed E-state index contributed by atoms with van der Waals surface area (Å²) in [6.45, 7) is 1.75. The van der Waals surface area contributed by atoms with Crippen molar-refractivity contribution in [1.29, 1.82) is 0 Å². The van der Waals surface area contributed by atoms with Crippen LogP contribution in [0.15, 0.2) is 28.8 Å². The molecule has 3 atom stereocenters. The molecule has 1 heterocycles. The summed E-state index contributed by atoms with van der Waals surface area (Å²) in [7, 11) is 0. The van der Waals surface area contributed by atoms with Crippen LogP contribution < -0.4 is 4.74 Å². The highest BCUT2D eigenvalue weighted by Crippen LogP contribution is 2.48. The minimum atomic E-state index is -0.0737. The molecule has 1 aromatic carbocycles. The fraction of sp³-hybridized carbons (Fsp3) is 0.471. The summed E-state index contributed by atoms with van der Waals surface area (Å²) in [5, 5.41) is 3.87. The van der Waals surface area contributed by atoms with Crippen molar-refractivity contribution in [2.24, 2.45) is 17.8 Å². The first-order valence-electron chi connectivity index (χ1n) is 7.81. The predicted octanol–water partition coefficient (Wildman–Crippen LogP) is 3.39. The molecule has 0 radical (unpaired) electrons. The van der Waals surface area contributed by atoms with Crippen LogP contribution in [0, 0.1) is 24.7 Å². The fourth-order valence-electron chi connectivity index (χ4n) is 3.81. The van der Waals surface area contributed by atoms with Crippen molar-refractivity contribution in [2.45, 2.75) is 32.6 Å². The Hall–Kier alpha value is -2.17. The molecule has 2 aliphatic carbocycles. The highest BCUT2D eigenvalue weighted by molar-refractivity contribution is 5.76. The summed E-state index contributed by atoms with van der Waals surface area (Å²) in [6.07, 6.45) is 4.67. The number of esters is 1. The maximum Gasteiger partial charge on any atom is 0.314 e. The van der Waals surface area contributed by atoms with Gasteiger partial charge in [0.2, 0.25) is 11.7 Å². The molecule has 1 aromatic heterocycles. The molecule has 2 aliphatic rings. The highest BCUT2D eigenvalue weighted by Gasteiger charge is 2.44. The van der Waals surface area contributed by atoms with E-state index in [1.165, 1.54) is 19.3 Å². The van der Waals surface area contributed by atoms with E-state index in [0.717, 1.165) is 17.9 Å². The lowest BCUT2D eigenvalue weighted by Crippen LogP contribution is -2.25. The molecule has 2 saturated carbocycles. The Morgan fingerprint density at radius 1 is 1.23 bits per heavy atom. The smallest absolute Gasteiger partial charge is 0.314 e. The van der Waals surface area contributed by atoms with Crippen LogP contribution in [0.2, 0.25) is 0 Å². The molecule has 0 N–H and O–H groups in total. The van der Waals surface area contributed by atoms with Crippen LogP contribution in [0.5, 0.6) is 5.75 Å². The van der Waals surface area contributed by atoms with Gasteiger partial charge in [-0.15, -0.1) is 0 Å². The van der Waals surface area contributed by atoms with Gasteiger partial charge in [0.05, 0.1) is 5.92 Å². The second-order valence-electron chi connectivity index (χ2n) is 6.36. The zero-order valence-corrected chi connectivity index (χ0v) is 12.5. The first-order chi connectivity index (χ1) is 10.7. The monoisotopic (exact) mass is 298 g/mol. The van der Waals surface area contributed by atoms with Crippen LogP contribution >= 0.6 is 0 Å². The van der Waals surface area contributed by atoms with E-state index in [4.69, 9.17) is 9.26 Å². The second-order valence-corrected chi connectivity index (χ2v) is 6.36. The lowest BCUT2D eigenvalue weighted by Gasteiger charge is -2.19. The summed E-state index contributed by atoms with van der Waals surface area (Å²) in [6, 6.07) is 7.25. The Labute approximate surface area is 128 Å². The molecule has 22 heavy (non-hydrogen) atoms. The molecule has 3 unspecified atom stereocenters. The van der Waals surface area contributed by atoms with Crippen LogP contribution in [0.1, 0.15) is 31.6 Å². The summed E-state index contributed by atoms with van der Waals surface area (Å²) in [5.41, 5.74) is 0.844. The van der Waals surface area contributed by atoms with Gasteiger partial charge in [-0.05, 0) is 55.4 Å². The third-order valence-electron chi connectivity index (χ3n) is 4.90. The quantitative estimate of drug-likeness (QED) is 0.642. The number of hydrogen-bond acceptors (Lipinski definition) is 5. The van der Waals surface area contributed by atoms with Gasteiger partial charge in [-0.25, -0.2) is 0 Å². The topological polar surface area (TPSA) is 65.2 Å². The molecule has 114 valence electrons. The van der Waals surface area contributed by atoms with E-state index < -0.39 is 0 Å². The van der Waals surface area contributed by atoms with Crippen molar-refractivity contribution in [3.8, 4) is 17.1 Å². The van der Waals surface area contributed by atoms with E-state index in [9.17, 15) is 4.79 Å². The molecule has 5 nitrogen and oxygen atoms in total. The van der Waals surface area contributed by atoms with Gasteiger partial charge in [0.15, 0.2) is 0 Å². The first-order valence-corrected chi connectivity index (χ1v) is 7.81. The van der Waals surface area contributed by atoms with Crippen molar-refractivity contribution in [3.63, 3.8) is 0 Å². The Morgan fingerprint density at radius 3 is 2.64 bits per heavy atom. The lowest BCUT2D eigenvalue weighted by atomic mass is 9.89. The summed E-state index contributed by atoms with van der Waals surface area (Å²) in [5.74, 6) is 2.96. The number of nitrogens with zero attached hydrogens (tertiary/aromatic N) is 2. The molecule has 2 bridgehead atoms. The molecular weight excluding hydrogens is 280 g/mol. The van der Waals surface area contributed by atoms with E-state index in [2.05, 4.69) is 10.1 Å². The molecule has 4 rings (SSSR count). The van der Waals surface area contributed by atoms with Crippen LogP contribution in [-0.2, 0) is 4.79 Å². The minimum absolute atomic E-state index is 0.0737. The van der Waals surface area contributed by atoms with Crippen molar-refractivity contribution in [3.05, 3.63) is 30.2 Å². The van der Waals surface area contributed by atoms with E-state index in [-0.39, 0.29) is 11.9 Å². The number of benzene rings is 1. The minimum Gasteiger partial charge on any atom is -0.426 e. The number of carbonyl (C=O) groups is 1. The zero-order valence-electron chi connectivity index (χ0n) is 12.5. The van der Waals surface area contributed by atoms with Crippen molar-refractivity contribution in [1.82, 2.24) is 10.1 Å². The van der Waals surface area contributed by atoms with Crippen LogP contribution in [0.3, 0.4) is 0 Å². The van der Waals surface area contributed by atoms with Gasteiger partial charge in [-0.2, -0.15) is 4.98 Å². The molecule has 0 spiro atoms. The molecule has 0 saturated heterocycles. The molecule has 0 aliphatic heterocycles. The summed E-state index contributed by atoms with van der Waals surface area (Å²) >= 11 is 0. The number of hydrogen-bond donors (Lipinski definition) is 0. The summed E-state index contributed by atoms with van der Waals surface area (Å²) in [4.78, 5) is 16.5. The lowest BCUT2D eigenvalue weighted by molar-refractivity contribution is -0.140. The SMILES string of the molecule is Cc1nc(-c2ccc(OC(=O)C3CC4CCC3C4)cc2)no1. The second kappa shape index (κ2) is 5.23. The van der Waals surface area contributed by atoms with Gasteiger partial charge in [0.25, 0.3) is 0 Å². The zero-order chi connectivity index (χ0) is 15.1. The number of rotatable bonds is 3. The van der Waals surface area contributed by atoms with Gasteiger partial charge >= 0.3 is 5.97 Å². The highest BCUT2D eigenvalue weighted by atomic mass is 16.5. The standard InChI is InChI=1S/C17H18N2O3/c1-10-18-16(19-22-10)12-4-6-14(7-5-12)21-17(20)15-9-11-2-3-13(15)8-11/h4-7,11,13,15H,2-3,8-9H2,1H3. The van der Waals surface area contributed by atoms with E-state index in [1.54, 1.807) is 19.1 Å². The first kappa shape index (κ1) is 13.5. The number of fused-ring (bicyclic) bond motifs is 2. The van der Waals surface area contributed by atoms with Gasteiger partial charge in [-0.3, -0.25) is 4.79 Å². The van der Waals surface area contributed by atoms with Crippen molar-refractivity contribution < 1.29 is 14.1 Å². The van der Waals surface area contributed by atoms with Crippen LogP contribution in [-0.4, -0.2) is 16.1 Å². The molecule has 0 amide bonds. The van der Waals surface area contributed by atoms with E-state index >= 15 is 0 Å². The predicted molar refractivity (Wildman–Crippen MR) is 79.0 cm³/mol.